The number of hydrogen-bond acceptors (Lipinski definition) is 8. The molecule has 0 spiro atoms. The highest BCUT2D eigenvalue weighted by molar-refractivity contribution is 14.1. The summed E-state index contributed by atoms with van der Waals surface area (Å²) in [5.74, 6) is -5.83. The lowest BCUT2D eigenvalue weighted by Gasteiger charge is -2.24. The van der Waals surface area contributed by atoms with Crippen LogP contribution in [-0.2, 0) is 14.2 Å². The van der Waals surface area contributed by atoms with Gasteiger partial charge in [0.25, 0.3) is 0 Å². The van der Waals surface area contributed by atoms with E-state index in [4.69, 9.17) is 19.9 Å². The van der Waals surface area contributed by atoms with Gasteiger partial charge in [0.05, 0.1) is 14.7 Å². The van der Waals surface area contributed by atoms with E-state index in [1.54, 1.807) is 59.0 Å². The molecule has 1 fully saturated rings. The number of nitrogen functional groups attached to an aromatic ring is 1. The molecule has 0 bridgehead atoms. The van der Waals surface area contributed by atoms with E-state index < -0.39 is 48.6 Å². The Morgan fingerprint density at radius 2 is 1.63 bits per heavy atom. The summed E-state index contributed by atoms with van der Waals surface area (Å²) >= 11 is 1.73. The van der Waals surface area contributed by atoms with E-state index in [1.165, 1.54) is 24.3 Å². The average molecular weight is 597 g/mol. The molecule has 3 aromatic rings. The van der Waals surface area contributed by atoms with Gasteiger partial charge in [0, 0.05) is 6.20 Å². The molecule has 0 amide bonds. The van der Waals surface area contributed by atoms with Crippen LogP contribution in [0.15, 0.2) is 71.7 Å². The molecule has 2 N–H and O–H groups in total. The monoisotopic (exact) mass is 597 g/mol. The van der Waals surface area contributed by atoms with Crippen LogP contribution in [0, 0.1) is 3.57 Å². The van der Waals surface area contributed by atoms with Crippen molar-refractivity contribution in [2.75, 3.05) is 12.3 Å². The van der Waals surface area contributed by atoms with Crippen molar-refractivity contribution in [3.63, 3.8) is 0 Å². The zero-order valence-electron chi connectivity index (χ0n) is 17.8. The number of esters is 2. The average Bonchev–Trinajstić information content (AvgIpc) is 3.10. The van der Waals surface area contributed by atoms with Gasteiger partial charge in [0.15, 0.2) is 6.10 Å². The van der Waals surface area contributed by atoms with Crippen molar-refractivity contribution in [2.24, 2.45) is 0 Å². The van der Waals surface area contributed by atoms with Crippen molar-refractivity contribution in [2.45, 2.75) is 24.4 Å². The molecule has 9 nitrogen and oxygen atoms in total. The molecule has 1 aliphatic rings. The van der Waals surface area contributed by atoms with Crippen molar-refractivity contribution < 1.29 is 32.6 Å². The van der Waals surface area contributed by atoms with Crippen molar-refractivity contribution in [1.29, 1.82) is 0 Å². The molecular formula is C23H18F2IN3O6. The van der Waals surface area contributed by atoms with Crippen LogP contribution in [0.1, 0.15) is 26.9 Å². The molecule has 35 heavy (non-hydrogen) atoms. The molecule has 4 rings (SSSR count). The number of carbonyl (C=O) groups excluding carboxylic acids is 2. The number of nitrogens with zero attached hydrogens (tertiary/aromatic N) is 2. The number of hydrogen-bond donors (Lipinski definition) is 1. The molecule has 2 heterocycles. The first-order valence-electron chi connectivity index (χ1n) is 10.2. The number of carbonyl (C=O) groups is 2. The van der Waals surface area contributed by atoms with E-state index in [1.807, 2.05) is 0 Å². The van der Waals surface area contributed by atoms with E-state index in [-0.39, 0.29) is 20.5 Å². The van der Waals surface area contributed by atoms with Gasteiger partial charge in [-0.05, 0) is 46.9 Å². The fraction of sp³-hybridized carbons (Fsp3) is 0.217. The van der Waals surface area contributed by atoms with Crippen molar-refractivity contribution in [3.8, 4) is 0 Å². The van der Waals surface area contributed by atoms with Gasteiger partial charge in [-0.2, -0.15) is 13.8 Å². The SMILES string of the molecule is Nc1nc(=O)n([C@@H]2O[C@@H](COC(=O)c3ccccc3)[C@H](OC(=O)c3ccccc3)C2(F)F)cc1I. The van der Waals surface area contributed by atoms with E-state index >= 15 is 8.78 Å². The van der Waals surface area contributed by atoms with Gasteiger partial charge in [-0.3, -0.25) is 4.57 Å². The Morgan fingerprint density at radius 1 is 1.06 bits per heavy atom. The Labute approximate surface area is 211 Å². The van der Waals surface area contributed by atoms with Gasteiger partial charge in [-0.1, -0.05) is 36.4 Å². The summed E-state index contributed by atoms with van der Waals surface area (Å²) in [6.45, 7) is -0.666. The first kappa shape index (κ1) is 24.7. The zero-order valence-corrected chi connectivity index (χ0v) is 20.0. The molecule has 12 heteroatoms. The van der Waals surface area contributed by atoms with Crippen LogP contribution in [-0.4, -0.2) is 46.2 Å². The van der Waals surface area contributed by atoms with Crippen LogP contribution in [0.25, 0.3) is 0 Å². The van der Waals surface area contributed by atoms with Crippen LogP contribution in [0.3, 0.4) is 0 Å². The first-order chi connectivity index (χ1) is 16.7. The standard InChI is InChI=1S/C23H18F2IN3O6/c24-23(25)17(35-20(31)14-9-5-2-6-10-14)16(12-33-19(30)13-7-3-1-4-8-13)34-21(23)29-11-15(26)18(27)28-22(29)32/h1-11,16-17,21H,12H2,(H2,27,28,32)/t16-,17-,21+/m0/s1. The third kappa shape index (κ3) is 5.17. The van der Waals surface area contributed by atoms with E-state index in [2.05, 4.69) is 4.98 Å². The van der Waals surface area contributed by atoms with Crippen molar-refractivity contribution >= 4 is 40.3 Å². The molecule has 0 radical (unpaired) electrons. The highest BCUT2D eigenvalue weighted by atomic mass is 127. The summed E-state index contributed by atoms with van der Waals surface area (Å²) in [5.41, 5.74) is 4.74. The number of halogens is 3. The third-order valence-electron chi connectivity index (χ3n) is 5.17. The van der Waals surface area contributed by atoms with E-state index in [9.17, 15) is 14.4 Å². The lowest BCUT2D eigenvalue weighted by Crippen LogP contribution is -2.45. The second kappa shape index (κ2) is 10.1. The van der Waals surface area contributed by atoms with Gasteiger partial charge < -0.3 is 19.9 Å². The summed E-state index contributed by atoms with van der Waals surface area (Å²) in [4.78, 5) is 40.8. The Balaban J connectivity index is 1.63. The molecule has 1 aromatic heterocycles. The number of aromatic nitrogens is 2. The van der Waals surface area contributed by atoms with Gasteiger partial charge in [-0.15, -0.1) is 0 Å². The lowest BCUT2D eigenvalue weighted by atomic mass is 10.1. The Hall–Kier alpha value is -3.39. The topological polar surface area (TPSA) is 123 Å². The Bertz CT molecular complexity index is 1290. The van der Waals surface area contributed by atoms with Crippen molar-refractivity contribution in [3.05, 3.63) is 92.0 Å². The molecule has 1 aliphatic heterocycles. The molecule has 0 aliphatic carbocycles. The molecule has 1 saturated heterocycles. The van der Waals surface area contributed by atoms with Crippen LogP contribution < -0.4 is 11.4 Å². The van der Waals surface area contributed by atoms with E-state index in [0.717, 1.165) is 6.20 Å². The first-order valence-corrected chi connectivity index (χ1v) is 11.3. The normalized spacial score (nSPS) is 20.8. The maximum atomic E-state index is 15.6. The summed E-state index contributed by atoms with van der Waals surface area (Å²) in [5, 5.41) is 0. The predicted molar refractivity (Wildman–Crippen MR) is 127 cm³/mol. The van der Waals surface area contributed by atoms with Crippen LogP contribution in [0.2, 0.25) is 0 Å². The maximum Gasteiger partial charge on any atom is 0.351 e. The number of rotatable bonds is 6. The summed E-state index contributed by atoms with van der Waals surface area (Å²) < 4.78 is 47.7. The summed E-state index contributed by atoms with van der Waals surface area (Å²) in [6.07, 6.45) is -4.88. The molecule has 182 valence electrons. The quantitative estimate of drug-likeness (QED) is 0.340. The molecule has 2 aromatic carbocycles. The number of benzene rings is 2. The van der Waals surface area contributed by atoms with Gasteiger partial charge in [-0.25, -0.2) is 14.4 Å². The molecular weight excluding hydrogens is 579 g/mol. The largest absolute Gasteiger partial charge is 0.459 e. The second-order valence-corrected chi connectivity index (χ2v) is 8.68. The fourth-order valence-electron chi connectivity index (χ4n) is 3.45. The van der Waals surface area contributed by atoms with Crippen LogP contribution >= 0.6 is 22.6 Å². The maximum absolute atomic E-state index is 15.6. The summed E-state index contributed by atoms with van der Waals surface area (Å²) in [6, 6.07) is 15.4. The van der Waals surface area contributed by atoms with E-state index in [0.29, 0.717) is 4.57 Å². The minimum Gasteiger partial charge on any atom is -0.459 e. The minimum absolute atomic E-state index is 0.0349. The fourth-order valence-corrected chi connectivity index (χ4v) is 3.87. The predicted octanol–water partition coefficient (Wildman–Crippen LogP) is 3.05. The van der Waals surface area contributed by atoms with Gasteiger partial charge in [0.1, 0.15) is 18.5 Å². The molecule has 3 atom stereocenters. The van der Waals surface area contributed by atoms with Crippen LogP contribution in [0.4, 0.5) is 14.6 Å². The number of ether oxygens (including phenoxy) is 3. The third-order valence-corrected chi connectivity index (χ3v) is 6.00. The summed E-state index contributed by atoms with van der Waals surface area (Å²) in [7, 11) is 0. The van der Waals surface area contributed by atoms with Gasteiger partial charge in [0.2, 0.25) is 6.23 Å². The van der Waals surface area contributed by atoms with Crippen molar-refractivity contribution in [1.82, 2.24) is 9.55 Å². The highest BCUT2D eigenvalue weighted by Gasteiger charge is 2.63. The Morgan fingerprint density at radius 3 is 2.23 bits per heavy atom. The molecule has 0 unspecified atom stereocenters. The van der Waals surface area contributed by atoms with Gasteiger partial charge >= 0.3 is 23.6 Å². The number of alkyl halides is 2. The smallest absolute Gasteiger partial charge is 0.351 e. The highest BCUT2D eigenvalue weighted by Crippen LogP contribution is 2.44. The minimum atomic E-state index is -3.89. The number of anilines is 1. The Kier molecular flexibility index (Phi) is 7.12. The second-order valence-electron chi connectivity index (χ2n) is 7.52. The lowest BCUT2D eigenvalue weighted by molar-refractivity contribution is -0.142. The zero-order chi connectivity index (χ0) is 25.2. The molecule has 0 saturated carbocycles. The number of nitrogens with two attached hydrogens (primary N) is 1. The van der Waals surface area contributed by atoms with Crippen LogP contribution in [0.5, 0.6) is 0 Å².